The van der Waals surface area contributed by atoms with Gasteiger partial charge in [-0.2, -0.15) is 0 Å². The lowest BCUT2D eigenvalue weighted by Gasteiger charge is -2.14. The fraction of sp³-hybridized carbons (Fsp3) is 0.900. The average molecular weight is 204 g/mol. The summed E-state index contributed by atoms with van der Waals surface area (Å²) in [6, 6.07) is 0. The summed E-state index contributed by atoms with van der Waals surface area (Å²) in [7, 11) is 0. The van der Waals surface area contributed by atoms with Crippen LogP contribution in [0.2, 0.25) is 0 Å². The molecular weight excluding hydrogens is 184 g/mol. The zero-order valence-corrected chi connectivity index (χ0v) is 9.56. The first-order valence-electron chi connectivity index (χ1n) is 4.98. The van der Waals surface area contributed by atoms with Crippen LogP contribution < -0.4 is 0 Å². The molecule has 0 saturated carbocycles. The van der Waals surface area contributed by atoms with Gasteiger partial charge in [0, 0.05) is 5.75 Å². The SMILES string of the molecule is CCCCSC(=O)[C@@H](O)[C@@H](C)CC. The summed E-state index contributed by atoms with van der Waals surface area (Å²) in [4.78, 5) is 11.3. The zero-order valence-electron chi connectivity index (χ0n) is 8.75. The fourth-order valence-corrected chi connectivity index (χ4v) is 1.90. The fourth-order valence-electron chi connectivity index (χ4n) is 0.858. The van der Waals surface area contributed by atoms with Crippen molar-refractivity contribution in [3.05, 3.63) is 0 Å². The molecule has 0 unspecified atom stereocenters. The molecule has 2 nitrogen and oxygen atoms in total. The molecule has 0 aromatic heterocycles. The largest absolute Gasteiger partial charge is 0.384 e. The van der Waals surface area contributed by atoms with Crippen LogP contribution in [0.5, 0.6) is 0 Å². The molecule has 0 aliphatic carbocycles. The molecule has 0 aromatic carbocycles. The summed E-state index contributed by atoms with van der Waals surface area (Å²) < 4.78 is 0. The molecule has 0 spiro atoms. The van der Waals surface area contributed by atoms with Gasteiger partial charge in [-0.25, -0.2) is 0 Å². The van der Waals surface area contributed by atoms with Gasteiger partial charge < -0.3 is 5.11 Å². The molecule has 3 heteroatoms. The van der Waals surface area contributed by atoms with Crippen LogP contribution in [0.1, 0.15) is 40.0 Å². The third kappa shape index (κ3) is 5.32. The van der Waals surface area contributed by atoms with Crippen molar-refractivity contribution >= 4 is 16.9 Å². The van der Waals surface area contributed by atoms with Gasteiger partial charge in [-0.05, 0) is 12.3 Å². The van der Waals surface area contributed by atoms with Crippen molar-refractivity contribution in [2.45, 2.75) is 46.1 Å². The summed E-state index contributed by atoms with van der Waals surface area (Å²) in [5, 5.41) is 9.45. The Hall–Kier alpha value is -0.0200. The highest BCUT2D eigenvalue weighted by molar-refractivity contribution is 8.13. The average Bonchev–Trinajstić information content (AvgIpc) is 2.15. The molecule has 0 rings (SSSR count). The van der Waals surface area contributed by atoms with Crippen LogP contribution in [0.25, 0.3) is 0 Å². The molecule has 0 bridgehead atoms. The smallest absolute Gasteiger partial charge is 0.217 e. The number of aliphatic hydroxyl groups is 1. The second-order valence-electron chi connectivity index (χ2n) is 3.35. The Morgan fingerprint density at radius 1 is 1.46 bits per heavy atom. The lowest BCUT2D eigenvalue weighted by molar-refractivity contribution is -0.120. The molecule has 1 N–H and O–H groups in total. The molecule has 0 fully saturated rings. The Bertz CT molecular complexity index is 148. The minimum atomic E-state index is -0.771. The van der Waals surface area contributed by atoms with E-state index in [1.807, 2.05) is 13.8 Å². The lowest BCUT2D eigenvalue weighted by atomic mass is 10.0. The third-order valence-corrected chi connectivity index (χ3v) is 3.19. The summed E-state index contributed by atoms with van der Waals surface area (Å²) in [5.41, 5.74) is 0. The Morgan fingerprint density at radius 2 is 2.08 bits per heavy atom. The van der Waals surface area contributed by atoms with Crippen molar-refractivity contribution in [3.8, 4) is 0 Å². The summed E-state index contributed by atoms with van der Waals surface area (Å²) in [6.07, 6.45) is 2.22. The lowest BCUT2D eigenvalue weighted by Crippen LogP contribution is -2.25. The number of hydrogen-bond donors (Lipinski definition) is 1. The number of thioether (sulfide) groups is 1. The maximum Gasteiger partial charge on any atom is 0.217 e. The highest BCUT2D eigenvalue weighted by Gasteiger charge is 2.20. The third-order valence-electron chi connectivity index (χ3n) is 2.17. The second-order valence-corrected chi connectivity index (χ2v) is 4.45. The Labute approximate surface area is 85.1 Å². The van der Waals surface area contributed by atoms with E-state index in [-0.39, 0.29) is 11.0 Å². The summed E-state index contributed by atoms with van der Waals surface area (Å²) in [6.45, 7) is 5.98. The molecule has 78 valence electrons. The maximum atomic E-state index is 11.3. The van der Waals surface area contributed by atoms with E-state index in [0.29, 0.717) is 0 Å². The van der Waals surface area contributed by atoms with Crippen molar-refractivity contribution in [2.24, 2.45) is 5.92 Å². The predicted octanol–water partition coefficient (Wildman–Crippen LogP) is 2.45. The van der Waals surface area contributed by atoms with Crippen LogP contribution in [0.3, 0.4) is 0 Å². The number of rotatable bonds is 6. The van der Waals surface area contributed by atoms with Crippen LogP contribution in [-0.2, 0) is 4.79 Å². The van der Waals surface area contributed by atoms with E-state index in [4.69, 9.17) is 0 Å². The molecule has 2 atom stereocenters. The molecule has 0 amide bonds. The maximum absolute atomic E-state index is 11.3. The van der Waals surface area contributed by atoms with Gasteiger partial charge in [0.2, 0.25) is 5.12 Å². The monoisotopic (exact) mass is 204 g/mol. The van der Waals surface area contributed by atoms with Crippen molar-refractivity contribution in [2.75, 3.05) is 5.75 Å². The molecule has 13 heavy (non-hydrogen) atoms. The van der Waals surface area contributed by atoms with Gasteiger partial charge in [-0.1, -0.05) is 45.4 Å². The zero-order chi connectivity index (χ0) is 10.3. The molecule has 0 aliphatic heterocycles. The van der Waals surface area contributed by atoms with Gasteiger partial charge in [0.25, 0.3) is 0 Å². The van der Waals surface area contributed by atoms with Gasteiger partial charge in [0.15, 0.2) is 0 Å². The molecular formula is C10H20O2S. The van der Waals surface area contributed by atoms with E-state index in [0.717, 1.165) is 25.0 Å². The first kappa shape index (κ1) is 13.0. The molecule has 0 aromatic rings. The summed E-state index contributed by atoms with van der Waals surface area (Å²) in [5.74, 6) is 0.921. The van der Waals surface area contributed by atoms with Crippen LogP contribution in [0, 0.1) is 5.92 Å². The van der Waals surface area contributed by atoms with Crippen LogP contribution >= 0.6 is 11.8 Å². The van der Waals surface area contributed by atoms with Gasteiger partial charge in [0.05, 0.1) is 0 Å². The van der Waals surface area contributed by atoms with Crippen LogP contribution in [-0.4, -0.2) is 22.1 Å². The van der Waals surface area contributed by atoms with Crippen LogP contribution in [0.15, 0.2) is 0 Å². The Kier molecular flexibility index (Phi) is 7.38. The van der Waals surface area contributed by atoms with Gasteiger partial charge in [-0.3, -0.25) is 4.79 Å². The predicted molar refractivity (Wildman–Crippen MR) is 57.8 cm³/mol. The molecule has 0 radical (unpaired) electrons. The van der Waals surface area contributed by atoms with E-state index in [1.54, 1.807) is 0 Å². The highest BCUT2D eigenvalue weighted by Crippen LogP contribution is 2.16. The van der Waals surface area contributed by atoms with E-state index in [1.165, 1.54) is 11.8 Å². The number of carbonyl (C=O) groups excluding carboxylic acids is 1. The number of unbranched alkanes of at least 4 members (excludes halogenated alkanes) is 1. The van der Waals surface area contributed by atoms with Gasteiger partial charge >= 0.3 is 0 Å². The van der Waals surface area contributed by atoms with Crippen molar-refractivity contribution in [1.29, 1.82) is 0 Å². The number of aliphatic hydroxyl groups excluding tert-OH is 1. The minimum absolute atomic E-state index is 0.0669. The minimum Gasteiger partial charge on any atom is -0.384 e. The van der Waals surface area contributed by atoms with Crippen molar-refractivity contribution < 1.29 is 9.90 Å². The Balaban J connectivity index is 3.69. The standard InChI is InChI=1S/C10H20O2S/c1-4-6-7-13-10(12)9(11)8(3)5-2/h8-9,11H,4-7H2,1-3H3/t8-,9-/m0/s1. The van der Waals surface area contributed by atoms with Crippen molar-refractivity contribution in [1.82, 2.24) is 0 Å². The molecule has 0 heterocycles. The van der Waals surface area contributed by atoms with Crippen molar-refractivity contribution in [3.63, 3.8) is 0 Å². The van der Waals surface area contributed by atoms with Gasteiger partial charge in [0.1, 0.15) is 6.10 Å². The quantitative estimate of drug-likeness (QED) is 0.675. The Morgan fingerprint density at radius 3 is 2.54 bits per heavy atom. The molecule has 0 saturated heterocycles. The summed E-state index contributed by atoms with van der Waals surface area (Å²) >= 11 is 1.26. The van der Waals surface area contributed by atoms with E-state index in [2.05, 4.69) is 6.92 Å². The number of carbonyl (C=O) groups is 1. The van der Waals surface area contributed by atoms with Crippen LogP contribution in [0.4, 0.5) is 0 Å². The first-order chi connectivity index (χ1) is 6.13. The topological polar surface area (TPSA) is 37.3 Å². The van der Waals surface area contributed by atoms with Gasteiger partial charge in [-0.15, -0.1) is 0 Å². The first-order valence-corrected chi connectivity index (χ1v) is 5.96. The second kappa shape index (κ2) is 7.39. The highest BCUT2D eigenvalue weighted by atomic mass is 32.2. The van der Waals surface area contributed by atoms with E-state index in [9.17, 15) is 9.90 Å². The van der Waals surface area contributed by atoms with E-state index < -0.39 is 6.10 Å². The number of hydrogen-bond acceptors (Lipinski definition) is 3. The molecule has 0 aliphatic rings. The normalized spacial score (nSPS) is 15.4. The van der Waals surface area contributed by atoms with E-state index >= 15 is 0 Å².